The number of nitrogens with zero attached hydrogens (tertiary/aromatic N) is 3. The number of fused-ring (bicyclic) bond motifs is 3. The zero-order valence-electron chi connectivity index (χ0n) is 18.6. The first-order chi connectivity index (χ1) is 15.8. The summed E-state index contributed by atoms with van der Waals surface area (Å²) in [5, 5.41) is 1.15. The Labute approximate surface area is 190 Å². The fourth-order valence-electron chi connectivity index (χ4n) is 5.05. The number of aryl methyl sites for hydroxylation is 1. The topological polar surface area (TPSA) is 52.2 Å². The molecule has 1 aliphatic heterocycles. The summed E-state index contributed by atoms with van der Waals surface area (Å²) in [6.07, 6.45) is 0.400. The molecule has 2 aromatic heterocycles. The number of hydrogen-bond acceptors (Lipinski definition) is 3. The third-order valence-electron chi connectivity index (χ3n) is 6.88. The van der Waals surface area contributed by atoms with Crippen LogP contribution in [0.4, 0.5) is 19.0 Å². The van der Waals surface area contributed by atoms with Gasteiger partial charge in [0.2, 0.25) is 0 Å². The number of amides is 1. The van der Waals surface area contributed by atoms with E-state index >= 15 is 0 Å². The number of alkyl halides is 3. The molecule has 33 heavy (non-hydrogen) atoms. The van der Waals surface area contributed by atoms with Crippen LogP contribution in [0.2, 0.25) is 0 Å². The van der Waals surface area contributed by atoms with Gasteiger partial charge in [-0.3, -0.25) is 4.79 Å². The highest BCUT2D eigenvalue weighted by Crippen LogP contribution is 2.33. The van der Waals surface area contributed by atoms with E-state index in [9.17, 15) is 18.0 Å². The van der Waals surface area contributed by atoms with E-state index in [1.54, 1.807) is 0 Å². The van der Waals surface area contributed by atoms with E-state index in [0.29, 0.717) is 43.5 Å². The summed E-state index contributed by atoms with van der Waals surface area (Å²) in [6.45, 7) is 4.53. The maximum Gasteiger partial charge on any atom is 0.417 e. The van der Waals surface area contributed by atoms with E-state index in [2.05, 4.69) is 23.0 Å². The highest BCUT2D eigenvalue weighted by molar-refractivity contribution is 6.06. The quantitative estimate of drug-likeness (QED) is 0.587. The zero-order valence-corrected chi connectivity index (χ0v) is 18.6. The van der Waals surface area contributed by atoms with E-state index in [-0.39, 0.29) is 5.91 Å². The standard InChI is InChI=1S/C25H27F3N4O/c1-16-6-8-21-20(14-16)18-4-2-5-19(23(18)30-21)24(33)32-11-3-10-31(12-13-32)22-9-7-17(15-29-22)25(26,27)28/h2,4-5,7,9,15-16,30H,3,6,8,10-14H2,1H3/t16-/m1/s1. The summed E-state index contributed by atoms with van der Waals surface area (Å²) in [4.78, 5) is 24.8. The first kappa shape index (κ1) is 21.8. The first-order valence-electron chi connectivity index (χ1n) is 11.5. The van der Waals surface area contributed by atoms with E-state index in [0.717, 1.165) is 48.8 Å². The number of aromatic nitrogens is 2. The average molecular weight is 457 g/mol. The normalized spacial score (nSPS) is 19.5. The Hall–Kier alpha value is -3.03. The molecule has 3 aromatic rings. The molecule has 1 aliphatic carbocycles. The van der Waals surface area contributed by atoms with Gasteiger partial charge in [0.1, 0.15) is 5.82 Å². The maximum absolute atomic E-state index is 13.5. The number of anilines is 1. The Bertz CT molecular complexity index is 1170. The molecule has 5 rings (SSSR count). The summed E-state index contributed by atoms with van der Waals surface area (Å²) in [7, 11) is 0. The van der Waals surface area contributed by atoms with Gasteiger partial charge < -0.3 is 14.8 Å². The number of nitrogens with one attached hydrogen (secondary N) is 1. The van der Waals surface area contributed by atoms with Gasteiger partial charge in [-0.15, -0.1) is 0 Å². The van der Waals surface area contributed by atoms with Crippen molar-refractivity contribution in [2.75, 3.05) is 31.1 Å². The van der Waals surface area contributed by atoms with Gasteiger partial charge in [-0.1, -0.05) is 19.1 Å². The van der Waals surface area contributed by atoms with Crippen LogP contribution in [-0.4, -0.2) is 47.0 Å². The summed E-state index contributed by atoms with van der Waals surface area (Å²) < 4.78 is 38.5. The predicted molar refractivity (Wildman–Crippen MR) is 121 cm³/mol. The van der Waals surface area contributed by atoms with Gasteiger partial charge in [-0.2, -0.15) is 13.2 Å². The molecule has 1 aromatic carbocycles. The summed E-state index contributed by atoms with van der Waals surface area (Å²) in [6, 6.07) is 8.41. The lowest BCUT2D eigenvalue weighted by molar-refractivity contribution is -0.137. The van der Waals surface area contributed by atoms with Crippen LogP contribution >= 0.6 is 0 Å². The number of pyridine rings is 1. The molecule has 1 N–H and O–H groups in total. The van der Waals surface area contributed by atoms with E-state index in [4.69, 9.17) is 0 Å². The molecule has 0 radical (unpaired) electrons. The van der Waals surface area contributed by atoms with Gasteiger partial charge in [0.15, 0.2) is 0 Å². The van der Waals surface area contributed by atoms with Crippen molar-refractivity contribution in [1.29, 1.82) is 0 Å². The van der Waals surface area contributed by atoms with Crippen molar-refractivity contribution in [2.45, 2.75) is 38.8 Å². The SMILES string of the molecule is C[C@@H]1CCc2[nH]c3c(C(=O)N4CCCN(c5ccc(C(F)(F)F)cn5)CC4)cccc3c2C1. The monoisotopic (exact) mass is 456 g/mol. The smallest absolute Gasteiger partial charge is 0.358 e. The molecule has 0 spiro atoms. The summed E-state index contributed by atoms with van der Waals surface area (Å²) in [5.41, 5.74) is 3.45. The highest BCUT2D eigenvalue weighted by atomic mass is 19.4. The van der Waals surface area contributed by atoms with Crippen molar-refractivity contribution in [1.82, 2.24) is 14.9 Å². The number of benzene rings is 1. The lowest BCUT2D eigenvalue weighted by atomic mass is 9.87. The predicted octanol–water partition coefficient (Wildman–Crippen LogP) is 5.06. The second-order valence-corrected chi connectivity index (χ2v) is 9.19. The molecule has 1 saturated heterocycles. The van der Waals surface area contributed by atoms with Crippen LogP contribution in [0.5, 0.6) is 0 Å². The van der Waals surface area contributed by atoms with Crippen molar-refractivity contribution in [3.05, 3.63) is 58.9 Å². The van der Waals surface area contributed by atoms with Crippen molar-refractivity contribution >= 4 is 22.6 Å². The van der Waals surface area contributed by atoms with Gasteiger partial charge in [0.05, 0.1) is 16.6 Å². The molecular weight excluding hydrogens is 429 g/mol. The second kappa shape index (κ2) is 8.39. The number of hydrogen-bond donors (Lipinski definition) is 1. The molecule has 0 bridgehead atoms. The molecule has 3 heterocycles. The Morgan fingerprint density at radius 2 is 1.97 bits per heavy atom. The average Bonchev–Trinajstić information content (AvgIpc) is 2.99. The van der Waals surface area contributed by atoms with Crippen LogP contribution < -0.4 is 4.90 Å². The number of carbonyl (C=O) groups excluding carboxylic acids is 1. The van der Waals surface area contributed by atoms with Gasteiger partial charge in [-0.05, 0) is 55.4 Å². The number of H-pyrrole nitrogens is 1. The molecular formula is C25H27F3N4O. The Kier molecular flexibility index (Phi) is 5.54. The van der Waals surface area contributed by atoms with E-state index in [1.165, 1.54) is 17.3 Å². The molecule has 1 atom stereocenters. The fraction of sp³-hybridized carbons (Fsp3) is 0.440. The lowest BCUT2D eigenvalue weighted by Gasteiger charge is -2.23. The van der Waals surface area contributed by atoms with Crippen molar-refractivity contribution in [3.8, 4) is 0 Å². The number of halogens is 3. The lowest BCUT2D eigenvalue weighted by Crippen LogP contribution is -2.35. The van der Waals surface area contributed by atoms with Crippen LogP contribution in [0.1, 0.15) is 46.9 Å². The summed E-state index contributed by atoms with van der Waals surface area (Å²) >= 11 is 0. The molecule has 1 amide bonds. The minimum Gasteiger partial charge on any atom is -0.358 e. The highest BCUT2D eigenvalue weighted by Gasteiger charge is 2.31. The van der Waals surface area contributed by atoms with Crippen LogP contribution in [-0.2, 0) is 19.0 Å². The van der Waals surface area contributed by atoms with Crippen LogP contribution in [0.15, 0.2) is 36.5 Å². The largest absolute Gasteiger partial charge is 0.417 e. The van der Waals surface area contributed by atoms with Crippen molar-refractivity contribution in [2.24, 2.45) is 5.92 Å². The zero-order chi connectivity index (χ0) is 23.2. The minimum atomic E-state index is -4.40. The molecule has 5 nitrogen and oxygen atoms in total. The molecule has 2 aliphatic rings. The van der Waals surface area contributed by atoms with E-state index < -0.39 is 11.7 Å². The van der Waals surface area contributed by atoms with Gasteiger partial charge in [-0.25, -0.2) is 4.98 Å². The molecule has 0 saturated carbocycles. The molecule has 1 fully saturated rings. The van der Waals surface area contributed by atoms with Gasteiger partial charge in [0, 0.05) is 43.5 Å². The van der Waals surface area contributed by atoms with Crippen LogP contribution in [0.3, 0.4) is 0 Å². The fourth-order valence-corrected chi connectivity index (χ4v) is 5.05. The van der Waals surface area contributed by atoms with Crippen LogP contribution in [0.25, 0.3) is 10.9 Å². The van der Waals surface area contributed by atoms with Crippen molar-refractivity contribution in [3.63, 3.8) is 0 Å². The molecule has 174 valence electrons. The maximum atomic E-state index is 13.5. The number of para-hydroxylation sites is 1. The number of aromatic amines is 1. The minimum absolute atomic E-state index is 0.00512. The molecule has 0 unspecified atom stereocenters. The Morgan fingerprint density at radius 1 is 1.12 bits per heavy atom. The van der Waals surface area contributed by atoms with Crippen LogP contribution in [0, 0.1) is 5.92 Å². The van der Waals surface area contributed by atoms with E-state index in [1.807, 2.05) is 21.9 Å². The Morgan fingerprint density at radius 3 is 2.73 bits per heavy atom. The summed E-state index contributed by atoms with van der Waals surface area (Å²) in [5.74, 6) is 1.14. The number of carbonyl (C=O) groups is 1. The number of rotatable bonds is 2. The third-order valence-corrected chi connectivity index (χ3v) is 6.88. The second-order valence-electron chi connectivity index (χ2n) is 9.19. The van der Waals surface area contributed by atoms with Gasteiger partial charge in [0.25, 0.3) is 5.91 Å². The Balaban J connectivity index is 1.34. The first-order valence-corrected chi connectivity index (χ1v) is 11.5. The molecule has 8 heteroatoms. The van der Waals surface area contributed by atoms with Gasteiger partial charge >= 0.3 is 6.18 Å². The third kappa shape index (κ3) is 4.18. The van der Waals surface area contributed by atoms with Crippen molar-refractivity contribution < 1.29 is 18.0 Å².